The van der Waals surface area contributed by atoms with Crippen molar-refractivity contribution in [3.63, 3.8) is 0 Å². The molecule has 0 unspecified atom stereocenters. The Morgan fingerprint density at radius 2 is 2.00 bits per heavy atom. The molecule has 1 heterocycles. The molecular weight excluding hydrogens is 231 g/mol. The number of hydrogen-bond donors (Lipinski definition) is 2. The zero-order chi connectivity index (χ0) is 13.8. The van der Waals surface area contributed by atoms with Crippen molar-refractivity contribution in [1.82, 2.24) is 9.97 Å². The van der Waals surface area contributed by atoms with E-state index >= 15 is 0 Å². The quantitative estimate of drug-likeness (QED) is 0.819. The van der Waals surface area contributed by atoms with Gasteiger partial charge < -0.3 is 10.6 Å². The van der Waals surface area contributed by atoms with Crippen LogP contribution in [0.5, 0.6) is 0 Å². The van der Waals surface area contributed by atoms with Gasteiger partial charge in [-0.2, -0.15) is 4.98 Å². The van der Waals surface area contributed by atoms with E-state index in [0.717, 1.165) is 0 Å². The molecule has 0 radical (unpaired) electrons. The van der Waals surface area contributed by atoms with Gasteiger partial charge in [-0.3, -0.25) is 0 Å². The molecule has 1 aromatic rings. The minimum Gasteiger partial charge on any atom is -0.367 e. The molecule has 0 bridgehead atoms. The smallest absolute Gasteiger partial charge is 0.224 e. The predicted molar refractivity (Wildman–Crippen MR) is 73.3 cm³/mol. The van der Waals surface area contributed by atoms with Crippen LogP contribution in [0, 0.1) is 17.2 Å². The lowest BCUT2D eigenvalue weighted by molar-refractivity contribution is 0.269. The Bertz CT molecular complexity index is 391. The van der Waals surface area contributed by atoms with E-state index in [-0.39, 0.29) is 11.2 Å². The van der Waals surface area contributed by atoms with Crippen LogP contribution in [0.25, 0.3) is 0 Å². The second kappa shape index (κ2) is 5.98. The van der Waals surface area contributed by atoms with Crippen molar-refractivity contribution in [2.45, 2.75) is 34.6 Å². The van der Waals surface area contributed by atoms with E-state index in [0.29, 0.717) is 25.0 Å². The van der Waals surface area contributed by atoms with Crippen LogP contribution in [0.1, 0.15) is 34.6 Å². The Kier molecular flexibility index (Phi) is 4.87. The summed E-state index contributed by atoms with van der Waals surface area (Å²) in [5, 5.41) is 6.03. The Labute approximate surface area is 108 Å². The fourth-order valence-corrected chi connectivity index (χ4v) is 1.25. The molecule has 0 aliphatic carbocycles. The van der Waals surface area contributed by atoms with Gasteiger partial charge in [0.2, 0.25) is 5.95 Å². The first kappa shape index (κ1) is 14.7. The van der Waals surface area contributed by atoms with E-state index < -0.39 is 5.82 Å². The van der Waals surface area contributed by atoms with Gasteiger partial charge in [0.15, 0.2) is 11.6 Å². The number of rotatable bonds is 6. The molecule has 0 saturated heterocycles. The third kappa shape index (κ3) is 3.82. The van der Waals surface area contributed by atoms with Crippen molar-refractivity contribution < 1.29 is 4.39 Å². The van der Waals surface area contributed by atoms with Crippen LogP contribution in [-0.4, -0.2) is 23.1 Å². The fourth-order valence-electron chi connectivity index (χ4n) is 1.25. The molecule has 1 rings (SSSR count). The molecule has 0 fully saturated rings. The Morgan fingerprint density at radius 1 is 1.33 bits per heavy atom. The van der Waals surface area contributed by atoms with Gasteiger partial charge in [0.1, 0.15) is 0 Å². The van der Waals surface area contributed by atoms with Crippen LogP contribution < -0.4 is 10.6 Å². The van der Waals surface area contributed by atoms with Crippen LogP contribution in [-0.2, 0) is 0 Å². The zero-order valence-corrected chi connectivity index (χ0v) is 11.8. The van der Waals surface area contributed by atoms with Crippen LogP contribution in [0.15, 0.2) is 6.20 Å². The second-order valence-electron chi connectivity index (χ2n) is 5.42. The minimum absolute atomic E-state index is 0.0791. The SMILES string of the molecule is CCNc1ncc(F)c(NCC(C)(C)C(C)C)n1. The second-order valence-corrected chi connectivity index (χ2v) is 5.42. The number of nitrogens with one attached hydrogen (secondary N) is 2. The molecule has 0 aliphatic rings. The molecule has 0 aromatic carbocycles. The lowest BCUT2D eigenvalue weighted by atomic mass is 9.81. The molecule has 0 saturated carbocycles. The maximum atomic E-state index is 13.6. The third-order valence-corrected chi connectivity index (χ3v) is 3.35. The van der Waals surface area contributed by atoms with E-state index in [4.69, 9.17) is 0 Å². The molecular formula is C13H23FN4. The van der Waals surface area contributed by atoms with Gasteiger partial charge in [-0.05, 0) is 18.3 Å². The summed E-state index contributed by atoms with van der Waals surface area (Å²) in [7, 11) is 0. The van der Waals surface area contributed by atoms with Crippen LogP contribution >= 0.6 is 0 Å². The lowest BCUT2D eigenvalue weighted by Gasteiger charge is -2.29. The highest BCUT2D eigenvalue weighted by molar-refractivity contribution is 5.41. The number of hydrogen-bond acceptors (Lipinski definition) is 4. The number of halogens is 1. The van der Waals surface area contributed by atoms with E-state index in [1.807, 2.05) is 6.92 Å². The molecule has 5 heteroatoms. The number of anilines is 2. The summed E-state index contributed by atoms with van der Waals surface area (Å²) in [6, 6.07) is 0. The molecule has 0 spiro atoms. The maximum Gasteiger partial charge on any atom is 0.224 e. The lowest BCUT2D eigenvalue weighted by Crippen LogP contribution is -2.29. The van der Waals surface area contributed by atoms with Gasteiger partial charge >= 0.3 is 0 Å². The summed E-state index contributed by atoms with van der Waals surface area (Å²) in [6.07, 6.45) is 1.19. The first-order valence-corrected chi connectivity index (χ1v) is 6.37. The van der Waals surface area contributed by atoms with Crippen molar-refractivity contribution in [3.05, 3.63) is 12.0 Å². The molecule has 18 heavy (non-hydrogen) atoms. The molecule has 102 valence electrons. The average Bonchev–Trinajstić information content (AvgIpc) is 2.30. The standard InChI is InChI=1S/C13H23FN4/c1-6-15-12-16-7-10(14)11(18-12)17-8-13(4,5)9(2)3/h7,9H,6,8H2,1-5H3,(H2,15,16,17,18). The summed E-state index contributed by atoms with van der Waals surface area (Å²) in [5.41, 5.74) is 0.0791. The fraction of sp³-hybridized carbons (Fsp3) is 0.692. The topological polar surface area (TPSA) is 49.8 Å². The highest BCUT2D eigenvalue weighted by atomic mass is 19.1. The van der Waals surface area contributed by atoms with Crippen molar-refractivity contribution in [3.8, 4) is 0 Å². The van der Waals surface area contributed by atoms with Gasteiger partial charge in [-0.1, -0.05) is 27.7 Å². The minimum atomic E-state index is -0.420. The predicted octanol–water partition coefficient (Wildman–Crippen LogP) is 3.14. The van der Waals surface area contributed by atoms with Crippen molar-refractivity contribution in [2.75, 3.05) is 23.7 Å². The largest absolute Gasteiger partial charge is 0.367 e. The Hall–Kier alpha value is -1.39. The first-order valence-electron chi connectivity index (χ1n) is 6.37. The van der Waals surface area contributed by atoms with E-state index in [9.17, 15) is 4.39 Å². The van der Waals surface area contributed by atoms with Crippen LogP contribution in [0.3, 0.4) is 0 Å². The first-order chi connectivity index (χ1) is 8.36. The third-order valence-electron chi connectivity index (χ3n) is 3.35. The van der Waals surface area contributed by atoms with Crippen molar-refractivity contribution in [2.24, 2.45) is 11.3 Å². The molecule has 0 atom stereocenters. The van der Waals surface area contributed by atoms with Crippen LogP contribution in [0.4, 0.5) is 16.2 Å². The van der Waals surface area contributed by atoms with Gasteiger partial charge in [0.05, 0.1) is 6.20 Å². The molecule has 2 N–H and O–H groups in total. The summed E-state index contributed by atoms with van der Waals surface area (Å²) in [5.74, 6) is 0.790. The van der Waals surface area contributed by atoms with E-state index in [1.54, 1.807) is 0 Å². The summed E-state index contributed by atoms with van der Waals surface area (Å²) in [4.78, 5) is 7.99. The van der Waals surface area contributed by atoms with Gasteiger partial charge in [0, 0.05) is 13.1 Å². The molecule has 1 aromatic heterocycles. The van der Waals surface area contributed by atoms with Crippen LogP contribution in [0.2, 0.25) is 0 Å². The Balaban J connectivity index is 2.75. The number of aromatic nitrogens is 2. The van der Waals surface area contributed by atoms with Crippen molar-refractivity contribution in [1.29, 1.82) is 0 Å². The highest BCUT2D eigenvalue weighted by Crippen LogP contribution is 2.26. The number of nitrogens with zero attached hydrogens (tertiary/aromatic N) is 2. The summed E-state index contributed by atoms with van der Waals surface area (Å²) in [6.45, 7) is 11.9. The van der Waals surface area contributed by atoms with Gasteiger partial charge in [-0.15, -0.1) is 0 Å². The Morgan fingerprint density at radius 3 is 2.56 bits per heavy atom. The normalized spacial score (nSPS) is 11.7. The van der Waals surface area contributed by atoms with Gasteiger partial charge in [0.25, 0.3) is 0 Å². The molecule has 0 aliphatic heterocycles. The summed E-state index contributed by atoms with van der Waals surface area (Å²) < 4.78 is 13.6. The molecule has 4 nitrogen and oxygen atoms in total. The maximum absolute atomic E-state index is 13.6. The highest BCUT2D eigenvalue weighted by Gasteiger charge is 2.22. The summed E-state index contributed by atoms with van der Waals surface area (Å²) >= 11 is 0. The zero-order valence-electron chi connectivity index (χ0n) is 11.8. The molecule has 0 amide bonds. The average molecular weight is 254 g/mol. The monoisotopic (exact) mass is 254 g/mol. The van der Waals surface area contributed by atoms with E-state index in [1.165, 1.54) is 6.20 Å². The van der Waals surface area contributed by atoms with E-state index in [2.05, 4.69) is 48.3 Å². The van der Waals surface area contributed by atoms with Gasteiger partial charge in [-0.25, -0.2) is 9.37 Å². The van der Waals surface area contributed by atoms with Crippen molar-refractivity contribution >= 4 is 11.8 Å².